The lowest BCUT2D eigenvalue weighted by Gasteiger charge is -2.25. The van der Waals surface area contributed by atoms with Crippen LogP contribution in [0.1, 0.15) is 42.6 Å². The molecular weight excluding hydrogens is 432 g/mol. The first-order valence-corrected chi connectivity index (χ1v) is 11.0. The molecule has 0 aliphatic rings. The SMILES string of the molecule is O=C(c1ccccc1)C(C(=O)c1ccc(Cl)cc1)C(C(=O)c1ccccc1)c1ccccc1. The normalized spacial score (nSPS) is 12.5. The summed E-state index contributed by atoms with van der Waals surface area (Å²) in [6.45, 7) is 0. The summed E-state index contributed by atoms with van der Waals surface area (Å²) in [5.74, 6) is -3.31. The molecule has 0 N–H and O–H groups in total. The maximum absolute atomic E-state index is 13.8. The standard InChI is InChI=1S/C29H21ClO3/c30-24-18-16-23(17-19-24)29(33)26(28(32)22-14-8-3-9-15-22)25(20-10-4-1-5-11-20)27(31)21-12-6-2-7-13-21/h1-19,25-26H. The summed E-state index contributed by atoms with van der Waals surface area (Å²) < 4.78 is 0. The summed E-state index contributed by atoms with van der Waals surface area (Å²) in [5, 5.41) is 0.484. The highest BCUT2D eigenvalue weighted by atomic mass is 35.5. The van der Waals surface area contributed by atoms with E-state index in [-0.39, 0.29) is 5.78 Å². The van der Waals surface area contributed by atoms with E-state index in [0.717, 1.165) is 0 Å². The molecule has 0 aliphatic heterocycles. The maximum atomic E-state index is 13.8. The van der Waals surface area contributed by atoms with E-state index in [9.17, 15) is 14.4 Å². The van der Waals surface area contributed by atoms with Gasteiger partial charge in [0.25, 0.3) is 0 Å². The van der Waals surface area contributed by atoms with E-state index in [1.165, 1.54) is 0 Å². The van der Waals surface area contributed by atoms with E-state index >= 15 is 0 Å². The zero-order chi connectivity index (χ0) is 23.2. The van der Waals surface area contributed by atoms with Gasteiger partial charge in [-0.25, -0.2) is 0 Å². The quantitative estimate of drug-likeness (QED) is 0.221. The number of rotatable bonds is 8. The van der Waals surface area contributed by atoms with E-state index in [0.29, 0.717) is 27.3 Å². The fraction of sp³-hybridized carbons (Fsp3) is 0.0690. The van der Waals surface area contributed by atoms with Crippen LogP contribution in [0.2, 0.25) is 5.02 Å². The molecule has 4 heteroatoms. The third-order valence-corrected chi connectivity index (χ3v) is 5.84. The highest BCUT2D eigenvalue weighted by Gasteiger charge is 2.41. The van der Waals surface area contributed by atoms with Crippen LogP contribution in [0.25, 0.3) is 0 Å². The van der Waals surface area contributed by atoms with E-state index in [1.54, 1.807) is 103 Å². The fourth-order valence-corrected chi connectivity index (χ4v) is 4.06. The van der Waals surface area contributed by atoms with Crippen LogP contribution >= 0.6 is 11.6 Å². The van der Waals surface area contributed by atoms with Crippen LogP contribution in [0.5, 0.6) is 0 Å². The number of ketones is 3. The molecule has 0 radical (unpaired) electrons. The van der Waals surface area contributed by atoms with Crippen molar-refractivity contribution in [2.45, 2.75) is 5.92 Å². The van der Waals surface area contributed by atoms with Gasteiger partial charge in [0.05, 0.1) is 11.8 Å². The largest absolute Gasteiger partial charge is 0.293 e. The maximum Gasteiger partial charge on any atom is 0.174 e. The second-order valence-corrected chi connectivity index (χ2v) is 8.13. The van der Waals surface area contributed by atoms with Crippen molar-refractivity contribution in [2.75, 3.05) is 0 Å². The third kappa shape index (κ3) is 5.00. The molecule has 33 heavy (non-hydrogen) atoms. The number of carbonyl (C=O) groups is 3. The highest BCUT2D eigenvalue weighted by molar-refractivity contribution is 6.30. The lowest BCUT2D eigenvalue weighted by Crippen LogP contribution is -2.35. The van der Waals surface area contributed by atoms with E-state index in [1.807, 2.05) is 12.1 Å². The average molecular weight is 453 g/mol. The molecule has 0 spiro atoms. The Morgan fingerprint density at radius 1 is 0.485 bits per heavy atom. The Kier molecular flexibility index (Phi) is 6.92. The molecule has 0 aliphatic carbocycles. The average Bonchev–Trinajstić information content (AvgIpc) is 2.88. The van der Waals surface area contributed by atoms with Crippen LogP contribution in [0.4, 0.5) is 0 Å². The molecule has 3 nitrogen and oxygen atoms in total. The number of benzene rings is 4. The molecule has 162 valence electrons. The first-order valence-electron chi connectivity index (χ1n) is 10.6. The summed E-state index contributed by atoms with van der Waals surface area (Å²) in [6, 6.07) is 32.8. The van der Waals surface area contributed by atoms with Gasteiger partial charge in [-0.15, -0.1) is 0 Å². The molecule has 0 amide bonds. The number of halogens is 1. The van der Waals surface area contributed by atoms with Gasteiger partial charge in [0.1, 0.15) is 0 Å². The molecule has 0 saturated carbocycles. The zero-order valence-electron chi connectivity index (χ0n) is 17.7. The summed E-state index contributed by atoms with van der Waals surface area (Å²) in [5.41, 5.74) is 1.77. The van der Waals surface area contributed by atoms with Crippen LogP contribution < -0.4 is 0 Å². The molecule has 4 aromatic carbocycles. The van der Waals surface area contributed by atoms with Gasteiger partial charge in [-0.05, 0) is 29.8 Å². The Balaban J connectivity index is 1.89. The molecule has 4 rings (SSSR count). The number of hydrogen-bond donors (Lipinski definition) is 0. The van der Waals surface area contributed by atoms with Crippen LogP contribution in [0, 0.1) is 5.92 Å². The number of Topliss-reactive ketones (excluding diaryl/α,β-unsaturated/α-hetero) is 3. The third-order valence-electron chi connectivity index (χ3n) is 5.58. The van der Waals surface area contributed by atoms with Crippen LogP contribution in [0.15, 0.2) is 115 Å². The number of carbonyl (C=O) groups excluding carboxylic acids is 3. The van der Waals surface area contributed by atoms with Crippen molar-refractivity contribution in [1.82, 2.24) is 0 Å². The summed E-state index contributed by atoms with van der Waals surface area (Å²) in [7, 11) is 0. The first kappa shape index (κ1) is 22.4. The molecule has 0 fully saturated rings. The molecule has 2 unspecified atom stereocenters. The van der Waals surface area contributed by atoms with Gasteiger partial charge in [-0.3, -0.25) is 14.4 Å². The zero-order valence-corrected chi connectivity index (χ0v) is 18.5. The van der Waals surface area contributed by atoms with E-state index in [2.05, 4.69) is 0 Å². The molecule has 0 heterocycles. The Labute approximate surface area is 197 Å². The van der Waals surface area contributed by atoms with Gasteiger partial charge < -0.3 is 0 Å². The highest BCUT2D eigenvalue weighted by Crippen LogP contribution is 2.34. The lowest BCUT2D eigenvalue weighted by molar-refractivity contribution is 0.0732. The van der Waals surface area contributed by atoms with Crippen molar-refractivity contribution < 1.29 is 14.4 Å². The predicted molar refractivity (Wildman–Crippen MR) is 130 cm³/mol. The molecule has 0 saturated heterocycles. The van der Waals surface area contributed by atoms with Gasteiger partial charge in [0, 0.05) is 21.7 Å². The lowest BCUT2D eigenvalue weighted by atomic mass is 9.73. The Bertz CT molecular complexity index is 1250. The van der Waals surface area contributed by atoms with Crippen molar-refractivity contribution in [2.24, 2.45) is 5.92 Å². The van der Waals surface area contributed by atoms with Gasteiger partial charge in [0.15, 0.2) is 17.3 Å². The van der Waals surface area contributed by atoms with Crippen molar-refractivity contribution in [1.29, 1.82) is 0 Å². The smallest absolute Gasteiger partial charge is 0.174 e. The van der Waals surface area contributed by atoms with Gasteiger partial charge in [-0.2, -0.15) is 0 Å². The van der Waals surface area contributed by atoms with Crippen molar-refractivity contribution >= 4 is 29.0 Å². The van der Waals surface area contributed by atoms with Crippen LogP contribution in [-0.4, -0.2) is 17.3 Å². The summed E-state index contributed by atoms with van der Waals surface area (Å²) in [6.07, 6.45) is 0. The first-order chi connectivity index (χ1) is 16.1. The second-order valence-electron chi connectivity index (χ2n) is 7.70. The monoisotopic (exact) mass is 452 g/mol. The van der Waals surface area contributed by atoms with Gasteiger partial charge >= 0.3 is 0 Å². The molecule has 2 atom stereocenters. The second kappa shape index (κ2) is 10.2. The Morgan fingerprint density at radius 3 is 1.36 bits per heavy atom. The Hall–Kier alpha value is -3.82. The molecular formula is C29H21ClO3. The topological polar surface area (TPSA) is 51.2 Å². The molecule has 4 aromatic rings. The van der Waals surface area contributed by atoms with Gasteiger partial charge in [-0.1, -0.05) is 103 Å². The molecule has 0 bridgehead atoms. The van der Waals surface area contributed by atoms with E-state index < -0.39 is 23.4 Å². The number of hydrogen-bond acceptors (Lipinski definition) is 3. The van der Waals surface area contributed by atoms with Crippen molar-refractivity contribution in [3.8, 4) is 0 Å². The minimum absolute atomic E-state index is 0.279. The van der Waals surface area contributed by atoms with Crippen molar-refractivity contribution in [3.05, 3.63) is 143 Å². The summed E-state index contributed by atoms with van der Waals surface area (Å²) >= 11 is 6.01. The van der Waals surface area contributed by atoms with Gasteiger partial charge in [0.2, 0.25) is 0 Å². The van der Waals surface area contributed by atoms with Crippen LogP contribution in [0.3, 0.4) is 0 Å². The fourth-order valence-electron chi connectivity index (χ4n) is 3.94. The van der Waals surface area contributed by atoms with Crippen LogP contribution in [-0.2, 0) is 0 Å². The minimum Gasteiger partial charge on any atom is -0.293 e. The Morgan fingerprint density at radius 2 is 0.879 bits per heavy atom. The summed E-state index contributed by atoms with van der Waals surface area (Å²) in [4.78, 5) is 41.4. The van der Waals surface area contributed by atoms with Crippen molar-refractivity contribution in [3.63, 3.8) is 0 Å². The minimum atomic E-state index is -1.23. The predicted octanol–water partition coefficient (Wildman–Crippen LogP) is 6.69. The van der Waals surface area contributed by atoms with E-state index in [4.69, 9.17) is 11.6 Å². The molecule has 0 aromatic heterocycles.